The minimum atomic E-state index is -3.93. The maximum atomic E-state index is 13.0. The number of alkyl halides is 3. The number of hydrogen-bond donors (Lipinski definition) is 1. The maximum absolute atomic E-state index is 13.0. The highest BCUT2D eigenvalue weighted by atomic mass is 32.1. The number of thiophene rings is 1. The molecule has 3 heterocycles. The molecular weight excluding hydrogens is 473 g/mol. The van der Waals surface area contributed by atoms with E-state index in [0.717, 1.165) is 57.7 Å². The highest BCUT2D eigenvalue weighted by Gasteiger charge is 2.39. The minimum absolute atomic E-state index is 0.0179. The molecule has 4 nitrogen and oxygen atoms in total. The van der Waals surface area contributed by atoms with Crippen LogP contribution in [-0.4, -0.2) is 23.7 Å². The second kappa shape index (κ2) is 11.0. The number of ether oxygens (including phenoxy) is 1. The second-order valence-corrected chi connectivity index (χ2v) is 10.5. The third-order valence-corrected chi connectivity index (χ3v) is 7.76. The molecule has 1 aromatic carbocycles. The first-order valence-corrected chi connectivity index (χ1v) is 13.0. The van der Waals surface area contributed by atoms with Crippen LogP contribution < -0.4 is 10.1 Å². The Labute approximate surface area is 207 Å². The van der Waals surface area contributed by atoms with Crippen LogP contribution >= 0.6 is 11.3 Å². The van der Waals surface area contributed by atoms with E-state index >= 15 is 0 Å². The number of amides is 1. The van der Waals surface area contributed by atoms with Crippen LogP contribution in [0.2, 0.25) is 0 Å². The van der Waals surface area contributed by atoms with E-state index in [4.69, 9.17) is 4.74 Å². The summed E-state index contributed by atoms with van der Waals surface area (Å²) in [4.78, 5) is 18.3. The van der Waals surface area contributed by atoms with E-state index in [0.29, 0.717) is 19.4 Å². The normalized spacial score (nSPS) is 18.4. The Morgan fingerprint density at radius 2 is 1.83 bits per heavy atom. The molecule has 35 heavy (non-hydrogen) atoms. The predicted octanol–water partition coefficient (Wildman–Crippen LogP) is 7.80. The van der Waals surface area contributed by atoms with Crippen molar-refractivity contribution in [1.29, 1.82) is 0 Å². The fourth-order valence-corrected chi connectivity index (χ4v) is 6.02. The zero-order valence-electron chi connectivity index (χ0n) is 20.0. The lowest BCUT2D eigenvalue weighted by Crippen LogP contribution is -2.32. The molecule has 1 aliphatic carbocycles. The quantitative estimate of drug-likeness (QED) is 0.396. The van der Waals surface area contributed by atoms with Crippen LogP contribution in [0.15, 0.2) is 42.6 Å². The fourth-order valence-electron chi connectivity index (χ4n) is 4.80. The van der Waals surface area contributed by atoms with Gasteiger partial charge in [0.1, 0.15) is 5.75 Å². The molecule has 188 valence electrons. The molecule has 0 saturated heterocycles. The van der Waals surface area contributed by atoms with Crippen LogP contribution in [0.5, 0.6) is 5.75 Å². The molecule has 2 aliphatic rings. The van der Waals surface area contributed by atoms with Gasteiger partial charge in [-0.15, -0.1) is 11.3 Å². The lowest BCUT2D eigenvalue weighted by Gasteiger charge is -2.26. The zero-order valence-corrected chi connectivity index (χ0v) is 20.8. The maximum Gasteiger partial charge on any atom is 0.391 e. The summed E-state index contributed by atoms with van der Waals surface area (Å²) < 4.78 is 42.6. The Kier molecular flexibility index (Phi) is 7.99. The molecule has 0 bridgehead atoms. The van der Waals surface area contributed by atoms with Crippen molar-refractivity contribution in [1.82, 2.24) is 10.3 Å². The van der Waals surface area contributed by atoms with Gasteiger partial charge in [0.15, 0.2) is 0 Å². The van der Waals surface area contributed by atoms with Crippen LogP contribution in [0.25, 0.3) is 10.2 Å². The summed E-state index contributed by atoms with van der Waals surface area (Å²) in [7, 11) is 0. The summed E-state index contributed by atoms with van der Waals surface area (Å²) in [5.41, 5.74) is 3.03. The summed E-state index contributed by atoms with van der Waals surface area (Å²) >= 11 is 1.52. The van der Waals surface area contributed by atoms with E-state index in [1.54, 1.807) is 6.20 Å². The van der Waals surface area contributed by atoms with Gasteiger partial charge in [0, 0.05) is 23.7 Å². The molecule has 1 fully saturated rings. The molecule has 1 aliphatic heterocycles. The van der Waals surface area contributed by atoms with Gasteiger partial charge < -0.3 is 10.1 Å². The van der Waals surface area contributed by atoms with Gasteiger partial charge in [-0.25, -0.2) is 0 Å². The summed E-state index contributed by atoms with van der Waals surface area (Å²) in [6.07, 6.45) is 1.83. The van der Waals surface area contributed by atoms with Crippen molar-refractivity contribution in [3.63, 3.8) is 0 Å². The molecular formula is C27H31F3N2O2S. The number of halogens is 3. The van der Waals surface area contributed by atoms with Crippen molar-refractivity contribution in [2.45, 2.75) is 70.5 Å². The first-order chi connectivity index (χ1) is 16.8. The number of nitrogens with one attached hydrogen (secondary N) is 1. The molecule has 1 saturated carbocycles. The number of carbonyl (C=O) groups is 1. The van der Waals surface area contributed by atoms with E-state index < -0.39 is 12.1 Å². The van der Waals surface area contributed by atoms with Crippen molar-refractivity contribution in [3.05, 3.63) is 58.6 Å². The molecule has 2 aromatic heterocycles. The van der Waals surface area contributed by atoms with Gasteiger partial charge in [-0.1, -0.05) is 51.3 Å². The first-order valence-electron chi connectivity index (χ1n) is 12.2. The highest BCUT2D eigenvalue weighted by molar-refractivity contribution is 7.21. The van der Waals surface area contributed by atoms with Gasteiger partial charge in [-0.2, -0.15) is 13.2 Å². The van der Waals surface area contributed by atoms with Gasteiger partial charge in [-0.3, -0.25) is 9.78 Å². The summed E-state index contributed by atoms with van der Waals surface area (Å²) in [6.45, 7) is 4.83. The average molecular weight is 505 g/mol. The molecule has 8 heteroatoms. The number of nitrogens with zero attached hydrogens (tertiary/aromatic N) is 1. The molecule has 1 unspecified atom stereocenters. The van der Waals surface area contributed by atoms with Gasteiger partial charge in [0.25, 0.3) is 5.91 Å². The van der Waals surface area contributed by atoms with Crippen LogP contribution in [0.1, 0.15) is 85.1 Å². The number of carbonyl (C=O) groups excluding carboxylic acids is 1. The predicted molar refractivity (Wildman–Crippen MR) is 133 cm³/mol. The molecule has 1 atom stereocenters. The number of pyridine rings is 1. The average Bonchev–Trinajstić information content (AvgIpc) is 3.25. The number of para-hydroxylation sites is 1. The standard InChI is InChI=1S/C20H20N2O2S.C7H11F3/c1-12(2)17-18-16(8-5-10-21-18)25-19(17)20(23)22-14-9-11-24-15-7-4-3-6-13(14)15;8-7(9,10)6-4-2-1-3-5-6/h3-8,10,12,14H,9,11H2,1-2H3,(H,22,23);6H,1-5H2. The molecule has 0 spiro atoms. The number of benzene rings is 1. The summed E-state index contributed by atoms with van der Waals surface area (Å²) in [5, 5.41) is 3.21. The van der Waals surface area contributed by atoms with Crippen molar-refractivity contribution in [3.8, 4) is 5.75 Å². The summed E-state index contributed by atoms with van der Waals surface area (Å²) in [6, 6.07) is 11.8. The van der Waals surface area contributed by atoms with Crippen molar-refractivity contribution < 1.29 is 22.7 Å². The van der Waals surface area contributed by atoms with Crippen molar-refractivity contribution in [2.24, 2.45) is 5.92 Å². The second-order valence-electron chi connectivity index (χ2n) is 9.43. The number of hydrogen-bond acceptors (Lipinski definition) is 4. The minimum Gasteiger partial charge on any atom is -0.493 e. The van der Waals surface area contributed by atoms with E-state index in [9.17, 15) is 18.0 Å². The third-order valence-electron chi connectivity index (χ3n) is 6.60. The topological polar surface area (TPSA) is 51.2 Å². The SMILES string of the molecule is CC(C)c1c(C(=O)NC2CCOc3ccccc32)sc2cccnc12.FC(F)(F)C1CCCCC1. The Hall–Kier alpha value is -2.61. The largest absolute Gasteiger partial charge is 0.493 e. The lowest BCUT2D eigenvalue weighted by molar-refractivity contribution is -0.181. The molecule has 3 aromatic rings. The Bertz CT molecular complexity index is 1150. The van der Waals surface area contributed by atoms with Gasteiger partial charge >= 0.3 is 6.18 Å². The summed E-state index contributed by atoms with van der Waals surface area (Å²) in [5.74, 6) is 0.0853. The van der Waals surface area contributed by atoms with Crippen LogP contribution in [0.3, 0.4) is 0 Å². The van der Waals surface area contributed by atoms with E-state index in [2.05, 4.69) is 24.1 Å². The zero-order chi connectivity index (χ0) is 25.0. The molecule has 1 amide bonds. The lowest BCUT2D eigenvalue weighted by atomic mass is 9.89. The monoisotopic (exact) mass is 504 g/mol. The van der Waals surface area contributed by atoms with E-state index in [-0.39, 0.29) is 17.9 Å². The van der Waals surface area contributed by atoms with Crippen LogP contribution in [0.4, 0.5) is 13.2 Å². The third kappa shape index (κ3) is 5.97. The molecule has 1 N–H and O–H groups in total. The van der Waals surface area contributed by atoms with Gasteiger partial charge in [0.2, 0.25) is 0 Å². The van der Waals surface area contributed by atoms with Gasteiger partial charge in [-0.05, 0) is 37.0 Å². The highest BCUT2D eigenvalue weighted by Crippen LogP contribution is 2.38. The fraction of sp³-hybridized carbons (Fsp3) is 0.481. The van der Waals surface area contributed by atoms with Gasteiger partial charge in [0.05, 0.1) is 33.7 Å². The van der Waals surface area contributed by atoms with Crippen LogP contribution in [0, 0.1) is 5.92 Å². The van der Waals surface area contributed by atoms with Crippen molar-refractivity contribution in [2.75, 3.05) is 6.61 Å². The number of fused-ring (bicyclic) bond motifs is 2. The molecule has 5 rings (SSSR count). The van der Waals surface area contributed by atoms with E-state index in [1.165, 1.54) is 11.3 Å². The smallest absolute Gasteiger partial charge is 0.391 e. The Morgan fingerprint density at radius 1 is 1.09 bits per heavy atom. The number of aromatic nitrogens is 1. The van der Waals surface area contributed by atoms with Crippen molar-refractivity contribution >= 4 is 27.5 Å². The van der Waals surface area contributed by atoms with Crippen LogP contribution in [-0.2, 0) is 0 Å². The Balaban J connectivity index is 0.000000243. The molecule has 0 radical (unpaired) electrons. The number of rotatable bonds is 3. The van der Waals surface area contributed by atoms with E-state index in [1.807, 2.05) is 36.4 Å². The Morgan fingerprint density at radius 3 is 2.51 bits per heavy atom. The first kappa shape index (κ1) is 25.5.